The highest BCUT2D eigenvalue weighted by atomic mass is 28.3. The van der Waals surface area contributed by atoms with Crippen molar-refractivity contribution in [3.8, 4) is 0 Å². The summed E-state index contributed by atoms with van der Waals surface area (Å²) in [4.78, 5) is 30.7. The van der Waals surface area contributed by atoms with Crippen molar-refractivity contribution in [1.29, 1.82) is 0 Å². The van der Waals surface area contributed by atoms with E-state index >= 15 is 0 Å². The van der Waals surface area contributed by atoms with Gasteiger partial charge in [0.1, 0.15) is 23.2 Å². The number of hydrogen-bond acceptors (Lipinski definition) is 7. The Morgan fingerprint density at radius 3 is 2.79 bits per heavy atom. The molecule has 0 saturated carbocycles. The minimum Gasteiger partial charge on any atom is -0.505 e. The van der Waals surface area contributed by atoms with Crippen molar-refractivity contribution < 1.29 is 24.2 Å². The van der Waals surface area contributed by atoms with Crippen LogP contribution in [0.25, 0.3) is 11.8 Å². The van der Waals surface area contributed by atoms with Crippen molar-refractivity contribution in [3.05, 3.63) is 57.0 Å². The predicted octanol–water partition coefficient (Wildman–Crippen LogP) is 2.15. The molecule has 1 aliphatic carbocycles. The summed E-state index contributed by atoms with van der Waals surface area (Å²) in [6.45, 7) is 12.1. The Labute approximate surface area is 230 Å². The van der Waals surface area contributed by atoms with E-state index in [1.807, 2.05) is 0 Å². The second-order valence-corrected chi connectivity index (χ2v) is 16.7. The molecule has 5 rings (SSSR count). The number of nitrogens with two attached hydrogens (primary N) is 1. The maximum Gasteiger partial charge on any atom is 0.355 e. The quantitative estimate of drug-likeness (QED) is 0.327. The summed E-state index contributed by atoms with van der Waals surface area (Å²) in [7, 11) is -1.71. The standard InChI is InChI=1S/C30H39N3O5Si/c1-6-30(38-26(34)11-8-12-31)22-14-23-27(28(35)21(22)16-37-29(30)36)33-15-20-19(13-25(33)32-23)9-7-10-24(20)39(4,5)17-18(2)3/h7,9-10,13,18,35H,6,8,11-12,14-17,31H2,1-5H3. The highest BCUT2D eigenvalue weighted by Crippen LogP contribution is 2.39. The third-order valence-electron chi connectivity index (χ3n) is 8.28. The number of carbonyl (C=O) groups is 2. The predicted molar refractivity (Wildman–Crippen MR) is 152 cm³/mol. The maximum atomic E-state index is 13.1. The molecule has 1 unspecified atom stereocenters. The highest BCUT2D eigenvalue weighted by molar-refractivity contribution is 6.90. The molecule has 0 saturated heterocycles. The summed E-state index contributed by atoms with van der Waals surface area (Å²) in [6.07, 6.45) is 3.16. The van der Waals surface area contributed by atoms with E-state index in [4.69, 9.17) is 20.2 Å². The Kier molecular flexibility index (Phi) is 7.09. The molecule has 3 aliphatic rings. The molecule has 39 heavy (non-hydrogen) atoms. The van der Waals surface area contributed by atoms with Crippen LogP contribution in [-0.4, -0.2) is 53.4 Å². The summed E-state index contributed by atoms with van der Waals surface area (Å²) < 4.78 is 13.4. The van der Waals surface area contributed by atoms with Crippen molar-refractivity contribution in [1.82, 2.24) is 9.55 Å². The van der Waals surface area contributed by atoms with Crippen molar-refractivity contribution in [3.63, 3.8) is 0 Å². The third-order valence-corrected chi connectivity index (χ3v) is 12.0. The second-order valence-electron chi connectivity index (χ2n) is 12.0. The lowest BCUT2D eigenvalue weighted by Crippen LogP contribution is -2.52. The lowest BCUT2D eigenvalue weighted by molar-refractivity contribution is -0.180. The average Bonchev–Trinajstić information content (AvgIpc) is 3.24. The lowest BCUT2D eigenvalue weighted by Gasteiger charge is -2.38. The van der Waals surface area contributed by atoms with Crippen molar-refractivity contribution in [2.45, 2.75) is 77.7 Å². The molecule has 9 heteroatoms. The van der Waals surface area contributed by atoms with Gasteiger partial charge in [0.2, 0.25) is 5.60 Å². The number of aliphatic hydroxyl groups excluding tert-OH is 1. The number of cyclic esters (lactones) is 1. The Morgan fingerprint density at radius 2 is 2.10 bits per heavy atom. The number of imidazole rings is 1. The lowest BCUT2D eigenvalue weighted by atomic mass is 9.79. The molecule has 3 heterocycles. The zero-order valence-electron chi connectivity index (χ0n) is 23.6. The van der Waals surface area contributed by atoms with Crippen LogP contribution in [0.1, 0.15) is 56.9 Å². The van der Waals surface area contributed by atoms with Gasteiger partial charge in [-0.05, 0) is 42.5 Å². The highest BCUT2D eigenvalue weighted by Gasteiger charge is 2.52. The topological polar surface area (TPSA) is 117 Å². The largest absolute Gasteiger partial charge is 0.505 e. The number of carbonyl (C=O) groups excluding carboxylic acids is 2. The van der Waals surface area contributed by atoms with Crippen LogP contribution in [0.5, 0.6) is 0 Å². The zero-order valence-corrected chi connectivity index (χ0v) is 24.6. The Balaban J connectivity index is 1.61. The molecule has 1 aromatic carbocycles. The van der Waals surface area contributed by atoms with E-state index in [9.17, 15) is 14.7 Å². The van der Waals surface area contributed by atoms with Crippen LogP contribution in [0.4, 0.5) is 0 Å². The molecular weight excluding hydrogens is 510 g/mol. The Hall–Kier alpha value is -3.17. The van der Waals surface area contributed by atoms with Crippen LogP contribution in [-0.2, 0) is 32.0 Å². The van der Waals surface area contributed by atoms with Crippen molar-refractivity contribution in [2.75, 3.05) is 13.2 Å². The summed E-state index contributed by atoms with van der Waals surface area (Å²) in [5.41, 5.74) is 8.95. The molecule has 1 aromatic heterocycles. The summed E-state index contributed by atoms with van der Waals surface area (Å²) >= 11 is 0. The maximum absolute atomic E-state index is 13.1. The van der Waals surface area contributed by atoms with Crippen LogP contribution >= 0.6 is 0 Å². The van der Waals surface area contributed by atoms with Gasteiger partial charge in [0.25, 0.3) is 0 Å². The number of hydrogen-bond donors (Lipinski definition) is 2. The summed E-state index contributed by atoms with van der Waals surface area (Å²) in [5.74, 6) is -0.453. The van der Waals surface area contributed by atoms with Crippen molar-refractivity contribution >= 4 is 37.0 Å². The van der Waals surface area contributed by atoms with Crippen LogP contribution < -0.4 is 21.7 Å². The van der Waals surface area contributed by atoms with Gasteiger partial charge in [-0.25, -0.2) is 9.78 Å². The van der Waals surface area contributed by atoms with E-state index in [0.29, 0.717) is 54.0 Å². The number of esters is 2. The number of aromatic nitrogens is 2. The molecule has 3 N–H and O–H groups in total. The van der Waals surface area contributed by atoms with Crippen LogP contribution in [0.15, 0.2) is 29.3 Å². The van der Waals surface area contributed by atoms with Gasteiger partial charge in [-0.3, -0.25) is 4.79 Å². The SMILES string of the molecule is CCC1(OC(=O)CCCN)C(=O)OCC2=C1Cc1nc3n(c1=C2O)Cc1c(cccc1[Si](C)(C)CC(C)C)C=3. The number of benzene rings is 1. The smallest absolute Gasteiger partial charge is 0.355 e. The monoisotopic (exact) mass is 549 g/mol. The number of fused-ring (bicyclic) bond motifs is 4. The molecular formula is C30H39N3O5Si. The first kappa shape index (κ1) is 27.4. The fourth-order valence-electron chi connectivity index (χ4n) is 6.66. The zero-order chi connectivity index (χ0) is 28.1. The summed E-state index contributed by atoms with van der Waals surface area (Å²) in [6, 6.07) is 7.74. The number of ether oxygens (including phenoxy) is 2. The fourth-order valence-corrected chi connectivity index (χ4v) is 10.5. The van der Waals surface area contributed by atoms with Gasteiger partial charge < -0.3 is 24.9 Å². The van der Waals surface area contributed by atoms with E-state index in [1.54, 1.807) is 6.92 Å². The van der Waals surface area contributed by atoms with Crippen LogP contribution in [0.3, 0.4) is 0 Å². The van der Waals surface area contributed by atoms with Gasteiger partial charge in [0.15, 0.2) is 0 Å². The van der Waals surface area contributed by atoms with E-state index in [-0.39, 0.29) is 25.2 Å². The second kappa shape index (κ2) is 10.1. The van der Waals surface area contributed by atoms with Gasteiger partial charge in [0.05, 0.1) is 20.3 Å². The first-order chi connectivity index (χ1) is 18.5. The normalized spacial score (nSPS) is 20.1. The molecule has 208 valence electrons. The van der Waals surface area contributed by atoms with Gasteiger partial charge >= 0.3 is 11.9 Å². The summed E-state index contributed by atoms with van der Waals surface area (Å²) in [5, 5.41) is 13.7. The van der Waals surface area contributed by atoms with E-state index in [1.165, 1.54) is 22.4 Å². The molecule has 0 bridgehead atoms. The molecule has 0 spiro atoms. The van der Waals surface area contributed by atoms with E-state index in [2.05, 4.69) is 55.8 Å². The Morgan fingerprint density at radius 1 is 1.33 bits per heavy atom. The van der Waals surface area contributed by atoms with Gasteiger partial charge in [-0.1, -0.05) is 63.3 Å². The minimum atomic E-state index is -1.71. The van der Waals surface area contributed by atoms with Crippen molar-refractivity contribution in [2.24, 2.45) is 11.7 Å². The van der Waals surface area contributed by atoms with Gasteiger partial charge in [-0.15, -0.1) is 0 Å². The fraction of sp³-hybridized carbons (Fsp3) is 0.500. The molecule has 0 amide bonds. The van der Waals surface area contributed by atoms with Gasteiger partial charge in [-0.2, -0.15) is 0 Å². The minimum absolute atomic E-state index is 0.0429. The molecule has 0 fully saturated rings. The number of aliphatic hydroxyl groups is 1. The first-order valence-corrected chi connectivity index (χ1v) is 17.2. The van der Waals surface area contributed by atoms with E-state index in [0.717, 1.165) is 5.48 Å². The molecule has 2 aromatic rings. The first-order valence-electron chi connectivity index (χ1n) is 14.0. The Bertz CT molecular complexity index is 1500. The number of rotatable bonds is 8. The molecule has 2 aliphatic heterocycles. The molecule has 0 radical (unpaired) electrons. The third kappa shape index (κ3) is 4.55. The number of nitrogens with zero attached hydrogens (tertiary/aromatic N) is 2. The van der Waals surface area contributed by atoms with Crippen LogP contribution in [0.2, 0.25) is 19.1 Å². The molecule has 1 atom stereocenters. The van der Waals surface area contributed by atoms with E-state index < -0.39 is 25.6 Å². The van der Waals surface area contributed by atoms with Gasteiger partial charge in [0, 0.05) is 24.0 Å². The van der Waals surface area contributed by atoms with Crippen LogP contribution in [0, 0.1) is 5.92 Å². The molecule has 8 nitrogen and oxygen atoms in total. The average molecular weight is 550 g/mol.